The molecule has 0 bridgehead atoms. The van der Waals surface area contributed by atoms with Gasteiger partial charge in [0.15, 0.2) is 6.10 Å². The van der Waals surface area contributed by atoms with Crippen LogP contribution in [0.15, 0.2) is 24.3 Å². The molecule has 0 unspecified atom stereocenters. The maximum Gasteiger partial charge on any atom is 0.261 e. The van der Waals surface area contributed by atoms with Crippen LogP contribution in [0.4, 0.5) is 0 Å². The minimum atomic E-state index is -0.430. The number of aryl methyl sites for hydroxylation is 1. The van der Waals surface area contributed by atoms with E-state index in [1.54, 1.807) is 0 Å². The standard InChI is InChI=1S/C18H28N2O3/c1-3-17(23-16-7-5-15(2)6-8-16)18(21)19-9-4-10-20-11-13-22-14-12-20/h5-8,17H,3-4,9-14H2,1-2H3,(H,19,21)/t17-/m1/s1. The predicted molar refractivity (Wildman–Crippen MR) is 90.8 cm³/mol. The Hall–Kier alpha value is -1.59. The first-order valence-electron chi connectivity index (χ1n) is 8.50. The molecule has 0 saturated carbocycles. The Morgan fingerprint density at radius 2 is 2.00 bits per heavy atom. The van der Waals surface area contributed by atoms with E-state index >= 15 is 0 Å². The molecule has 5 nitrogen and oxygen atoms in total. The third kappa shape index (κ3) is 6.20. The molecule has 1 atom stereocenters. The summed E-state index contributed by atoms with van der Waals surface area (Å²) in [5.74, 6) is 0.709. The van der Waals surface area contributed by atoms with Gasteiger partial charge in [-0.25, -0.2) is 0 Å². The van der Waals surface area contributed by atoms with Crippen molar-refractivity contribution >= 4 is 5.91 Å². The molecule has 2 rings (SSSR count). The lowest BCUT2D eigenvalue weighted by molar-refractivity contribution is -0.128. The topological polar surface area (TPSA) is 50.8 Å². The number of hydrogen-bond donors (Lipinski definition) is 1. The molecule has 1 saturated heterocycles. The van der Waals surface area contributed by atoms with Gasteiger partial charge >= 0.3 is 0 Å². The summed E-state index contributed by atoms with van der Waals surface area (Å²) < 4.78 is 11.1. The van der Waals surface area contributed by atoms with Crippen LogP contribution in [0.5, 0.6) is 5.75 Å². The first kappa shape index (κ1) is 17.8. The number of ether oxygens (including phenoxy) is 2. The zero-order valence-electron chi connectivity index (χ0n) is 14.2. The lowest BCUT2D eigenvalue weighted by atomic mass is 10.2. The molecule has 1 heterocycles. The summed E-state index contributed by atoms with van der Waals surface area (Å²) in [7, 11) is 0. The normalized spacial score (nSPS) is 16.8. The highest BCUT2D eigenvalue weighted by Crippen LogP contribution is 2.14. The highest BCUT2D eigenvalue weighted by atomic mass is 16.5. The zero-order valence-corrected chi connectivity index (χ0v) is 14.2. The van der Waals surface area contributed by atoms with Crippen LogP contribution in [-0.4, -0.2) is 56.3 Å². The van der Waals surface area contributed by atoms with Crippen molar-refractivity contribution in [3.8, 4) is 5.75 Å². The zero-order chi connectivity index (χ0) is 16.5. The van der Waals surface area contributed by atoms with Crippen LogP contribution in [0.25, 0.3) is 0 Å². The van der Waals surface area contributed by atoms with E-state index in [4.69, 9.17) is 9.47 Å². The van der Waals surface area contributed by atoms with E-state index in [-0.39, 0.29) is 5.91 Å². The summed E-state index contributed by atoms with van der Waals surface area (Å²) in [6.07, 6.45) is 1.18. The third-order valence-electron chi connectivity index (χ3n) is 4.02. The van der Waals surface area contributed by atoms with Gasteiger partial charge in [0.05, 0.1) is 13.2 Å². The van der Waals surface area contributed by atoms with Crippen LogP contribution < -0.4 is 10.1 Å². The Balaban J connectivity index is 1.68. The van der Waals surface area contributed by atoms with Crippen LogP contribution in [0.1, 0.15) is 25.3 Å². The van der Waals surface area contributed by atoms with Gasteiger partial charge in [0.1, 0.15) is 5.75 Å². The number of amides is 1. The molecular weight excluding hydrogens is 292 g/mol. The van der Waals surface area contributed by atoms with Crippen molar-refractivity contribution < 1.29 is 14.3 Å². The monoisotopic (exact) mass is 320 g/mol. The Kier molecular flexibility index (Phi) is 7.36. The molecule has 128 valence electrons. The van der Waals surface area contributed by atoms with E-state index in [0.717, 1.165) is 45.0 Å². The SMILES string of the molecule is CC[C@@H](Oc1ccc(C)cc1)C(=O)NCCCN1CCOCC1. The number of nitrogens with one attached hydrogen (secondary N) is 1. The van der Waals surface area contributed by atoms with Crippen molar-refractivity contribution in [1.82, 2.24) is 10.2 Å². The predicted octanol–water partition coefficient (Wildman–Crippen LogP) is 1.99. The fourth-order valence-electron chi connectivity index (χ4n) is 2.56. The molecule has 0 spiro atoms. The number of hydrogen-bond acceptors (Lipinski definition) is 4. The van der Waals surface area contributed by atoms with Crippen molar-refractivity contribution in [2.75, 3.05) is 39.4 Å². The van der Waals surface area contributed by atoms with Gasteiger partial charge in [0, 0.05) is 19.6 Å². The molecule has 0 aliphatic carbocycles. The van der Waals surface area contributed by atoms with Crippen molar-refractivity contribution in [1.29, 1.82) is 0 Å². The maximum absolute atomic E-state index is 12.2. The second-order valence-electron chi connectivity index (χ2n) is 5.93. The Morgan fingerprint density at radius 1 is 1.30 bits per heavy atom. The maximum atomic E-state index is 12.2. The first-order valence-corrected chi connectivity index (χ1v) is 8.50. The van der Waals surface area contributed by atoms with Crippen LogP contribution >= 0.6 is 0 Å². The minimum absolute atomic E-state index is 0.0324. The fraction of sp³-hybridized carbons (Fsp3) is 0.611. The van der Waals surface area contributed by atoms with E-state index in [1.807, 2.05) is 38.1 Å². The number of carbonyl (C=O) groups excluding carboxylic acids is 1. The van der Waals surface area contributed by atoms with Crippen LogP contribution in [-0.2, 0) is 9.53 Å². The average Bonchev–Trinajstić information content (AvgIpc) is 2.59. The van der Waals surface area contributed by atoms with Crippen molar-refractivity contribution in [3.63, 3.8) is 0 Å². The van der Waals surface area contributed by atoms with E-state index in [1.165, 1.54) is 5.56 Å². The molecule has 0 radical (unpaired) electrons. The molecular formula is C18H28N2O3. The van der Waals surface area contributed by atoms with E-state index in [0.29, 0.717) is 13.0 Å². The van der Waals surface area contributed by atoms with Crippen molar-refractivity contribution in [3.05, 3.63) is 29.8 Å². The number of carbonyl (C=O) groups is 1. The summed E-state index contributed by atoms with van der Waals surface area (Å²) in [5, 5.41) is 2.98. The van der Waals surface area contributed by atoms with Gasteiger partial charge in [-0.15, -0.1) is 0 Å². The third-order valence-corrected chi connectivity index (χ3v) is 4.02. The van der Waals surface area contributed by atoms with Gasteiger partial charge in [-0.1, -0.05) is 24.6 Å². The first-order chi connectivity index (χ1) is 11.2. The van der Waals surface area contributed by atoms with Gasteiger partial charge in [0.25, 0.3) is 5.91 Å². The Labute approximate surface area is 139 Å². The Morgan fingerprint density at radius 3 is 2.65 bits per heavy atom. The molecule has 1 fully saturated rings. The molecule has 1 aromatic carbocycles. The number of morpholine rings is 1. The average molecular weight is 320 g/mol. The molecule has 1 aliphatic rings. The number of rotatable bonds is 8. The summed E-state index contributed by atoms with van der Waals surface area (Å²) in [6, 6.07) is 7.79. The van der Waals surface area contributed by atoms with E-state index in [9.17, 15) is 4.79 Å². The van der Waals surface area contributed by atoms with Gasteiger partial charge in [-0.05, 0) is 38.4 Å². The summed E-state index contributed by atoms with van der Waals surface area (Å²) in [5.41, 5.74) is 1.18. The minimum Gasteiger partial charge on any atom is -0.481 e. The van der Waals surface area contributed by atoms with Gasteiger partial charge in [-0.3, -0.25) is 9.69 Å². The highest BCUT2D eigenvalue weighted by molar-refractivity contribution is 5.81. The highest BCUT2D eigenvalue weighted by Gasteiger charge is 2.18. The molecule has 1 N–H and O–H groups in total. The van der Waals surface area contributed by atoms with E-state index < -0.39 is 6.10 Å². The van der Waals surface area contributed by atoms with E-state index in [2.05, 4.69) is 10.2 Å². The van der Waals surface area contributed by atoms with Crippen molar-refractivity contribution in [2.24, 2.45) is 0 Å². The molecule has 1 aliphatic heterocycles. The largest absolute Gasteiger partial charge is 0.481 e. The van der Waals surface area contributed by atoms with Crippen LogP contribution in [0.3, 0.4) is 0 Å². The van der Waals surface area contributed by atoms with Crippen LogP contribution in [0, 0.1) is 6.92 Å². The summed E-state index contributed by atoms with van der Waals surface area (Å²) in [6.45, 7) is 9.28. The summed E-state index contributed by atoms with van der Waals surface area (Å²) >= 11 is 0. The fourth-order valence-corrected chi connectivity index (χ4v) is 2.56. The molecule has 1 amide bonds. The quantitative estimate of drug-likeness (QED) is 0.744. The smallest absolute Gasteiger partial charge is 0.261 e. The number of benzene rings is 1. The molecule has 23 heavy (non-hydrogen) atoms. The number of nitrogens with zero attached hydrogens (tertiary/aromatic N) is 1. The lowest BCUT2D eigenvalue weighted by Crippen LogP contribution is -2.41. The van der Waals surface area contributed by atoms with Gasteiger partial charge in [0.2, 0.25) is 0 Å². The lowest BCUT2D eigenvalue weighted by Gasteiger charge is -2.26. The second kappa shape index (κ2) is 9.53. The summed E-state index contributed by atoms with van der Waals surface area (Å²) in [4.78, 5) is 14.6. The Bertz CT molecular complexity index is 470. The van der Waals surface area contributed by atoms with Gasteiger partial charge < -0.3 is 14.8 Å². The molecule has 0 aromatic heterocycles. The van der Waals surface area contributed by atoms with Gasteiger partial charge in [-0.2, -0.15) is 0 Å². The molecule has 1 aromatic rings. The molecule has 5 heteroatoms. The second-order valence-corrected chi connectivity index (χ2v) is 5.93. The van der Waals surface area contributed by atoms with Crippen LogP contribution in [0.2, 0.25) is 0 Å². The van der Waals surface area contributed by atoms with Crippen molar-refractivity contribution in [2.45, 2.75) is 32.8 Å².